The maximum atomic E-state index is 15.7. The molecule has 1 saturated carbocycles. The van der Waals surface area contributed by atoms with Crippen molar-refractivity contribution in [1.82, 2.24) is 29.7 Å². The number of nitrogens with zero attached hydrogens (tertiary/aromatic N) is 6. The number of benzene rings is 1. The van der Waals surface area contributed by atoms with Crippen molar-refractivity contribution in [1.29, 1.82) is 0 Å². The standard InChI is InChI=1S/C53H67Cl2FN6O9S/c1-33(2)44-34(3)47(55)43(27-54)70-40(28-62-19-17-61(4)18-20-62)30-68-39-9-10-41(37(25-39)26-42(52(63)64)71-50-46-45(44)48(35-7-6-8-35)72-51(46)59-32-58-50)69-29-38-13-16-57-49(60-38)36-11-14-53(56,15-12-36)31-67-24-23-66-22-21-65-5/h9-11,13,16,25,32-33,35,40,42H,6-8,12,14-15,17-24,26-31H2,1-5H3,(H,63,64)/b44-34+,47-43-/t40-,42-,53+/m1/s1. The number of alkyl halides is 2. The predicted octanol–water partition coefficient (Wildman–Crippen LogP) is 9.50. The van der Waals surface area contributed by atoms with Gasteiger partial charge in [-0.1, -0.05) is 37.9 Å². The number of hydrogen-bond donors (Lipinski definition) is 1. The third kappa shape index (κ3) is 13.4. The van der Waals surface area contributed by atoms with E-state index in [1.807, 2.05) is 13.0 Å². The maximum absolute atomic E-state index is 15.7. The number of thiophene rings is 1. The molecule has 2 aliphatic heterocycles. The van der Waals surface area contributed by atoms with Gasteiger partial charge in [0.2, 0.25) is 12.0 Å². The maximum Gasteiger partial charge on any atom is 0.345 e. The van der Waals surface area contributed by atoms with Gasteiger partial charge in [-0.3, -0.25) is 4.90 Å². The third-order valence-corrected chi connectivity index (χ3v) is 15.8. The second-order valence-corrected chi connectivity index (χ2v) is 21.0. The molecule has 2 fully saturated rings. The molecule has 2 bridgehead atoms. The lowest BCUT2D eigenvalue weighted by molar-refractivity contribution is -0.145. The number of carboxylic acid groups (broad SMARTS) is 1. The fourth-order valence-electron chi connectivity index (χ4n) is 9.51. The number of carboxylic acids is 1. The number of halogens is 3. The van der Waals surface area contributed by atoms with Crippen LogP contribution in [0.15, 0.2) is 59.2 Å². The number of aromatic nitrogens is 4. The lowest BCUT2D eigenvalue weighted by Crippen LogP contribution is -2.48. The van der Waals surface area contributed by atoms with Gasteiger partial charge in [-0.05, 0) is 92.5 Å². The summed E-state index contributed by atoms with van der Waals surface area (Å²) in [4.78, 5) is 38.6. The molecule has 8 rings (SSSR count). The largest absolute Gasteiger partial charge is 0.490 e. The first kappa shape index (κ1) is 53.8. The zero-order valence-electron chi connectivity index (χ0n) is 41.9. The van der Waals surface area contributed by atoms with Crippen molar-refractivity contribution in [3.05, 3.63) is 86.8 Å². The lowest BCUT2D eigenvalue weighted by atomic mass is 9.79. The van der Waals surface area contributed by atoms with E-state index in [-0.39, 0.29) is 56.8 Å². The summed E-state index contributed by atoms with van der Waals surface area (Å²) in [6.07, 6.45) is 7.01. The lowest BCUT2D eigenvalue weighted by Gasteiger charge is -2.35. The Hall–Kier alpha value is -4.46. The van der Waals surface area contributed by atoms with E-state index in [1.165, 1.54) is 6.33 Å². The van der Waals surface area contributed by atoms with Crippen molar-refractivity contribution in [2.75, 3.05) is 92.4 Å². The van der Waals surface area contributed by atoms with Gasteiger partial charge in [0, 0.05) is 74.9 Å². The average molecular weight is 1050 g/mol. The van der Waals surface area contributed by atoms with E-state index in [0.29, 0.717) is 94.9 Å². The van der Waals surface area contributed by atoms with Gasteiger partial charge in [0.05, 0.1) is 55.0 Å². The molecule has 390 valence electrons. The summed E-state index contributed by atoms with van der Waals surface area (Å²) in [6, 6.07) is 7.10. The van der Waals surface area contributed by atoms with Crippen molar-refractivity contribution in [2.45, 2.75) is 96.1 Å². The minimum atomic E-state index is -1.50. The van der Waals surface area contributed by atoms with E-state index in [2.05, 4.69) is 40.7 Å². The minimum absolute atomic E-state index is 0.0267. The molecule has 19 heteroatoms. The SMILES string of the molecule is COCCOCCOC[C@]1(F)CC=C(c2nccc(COc3ccc4cc3C[C@H](C(=O)O)Oc3ncnc5sc(C6CCC6)c(c35)/C(C(C)C)=C(C)/C(Cl)=C(\CCl)O[C@H](CN3CCN(C)CC3)CO4)n2)CC1. The summed E-state index contributed by atoms with van der Waals surface area (Å²) in [5.74, 6) is 1.11. The smallest absolute Gasteiger partial charge is 0.345 e. The molecular formula is C53H67Cl2FN6O9S. The highest BCUT2D eigenvalue weighted by Gasteiger charge is 2.35. The first-order valence-corrected chi connectivity index (χ1v) is 26.7. The van der Waals surface area contributed by atoms with Gasteiger partial charge >= 0.3 is 5.97 Å². The summed E-state index contributed by atoms with van der Waals surface area (Å²) in [5, 5.41) is 12.0. The number of ether oxygens (including phenoxy) is 7. The number of hydrogen-bond acceptors (Lipinski definition) is 15. The van der Waals surface area contributed by atoms with Crippen LogP contribution in [0.2, 0.25) is 0 Å². The Morgan fingerprint density at radius 2 is 1.85 bits per heavy atom. The van der Waals surface area contributed by atoms with Gasteiger partial charge in [0.1, 0.15) is 53.4 Å². The van der Waals surface area contributed by atoms with E-state index in [1.54, 1.807) is 48.9 Å². The van der Waals surface area contributed by atoms with Gasteiger partial charge in [0.25, 0.3) is 0 Å². The summed E-state index contributed by atoms with van der Waals surface area (Å²) >= 11 is 15.8. The average Bonchev–Trinajstić information content (AvgIpc) is 3.72. The molecule has 1 aromatic carbocycles. The van der Waals surface area contributed by atoms with Crippen molar-refractivity contribution in [2.24, 2.45) is 5.92 Å². The van der Waals surface area contributed by atoms with E-state index in [0.717, 1.165) is 72.6 Å². The van der Waals surface area contributed by atoms with E-state index in [9.17, 15) is 9.90 Å². The van der Waals surface area contributed by atoms with E-state index < -0.39 is 23.8 Å². The minimum Gasteiger partial charge on any atom is -0.490 e. The van der Waals surface area contributed by atoms with Gasteiger partial charge in [-0.25, -0.2) is 29.1 Å². The number of piperazine rings is 1. The topological polar surface area (TPSA) is 160 Å². The van der Waals surface area contributed by atoms with Crippen LogP contribution < -0.4 is 14.2 Å². The first-order valence-electron chi connectivity index (χ1n) is 25.0. The monoisotopic (exact) mass is 1050 g/mol. The molecular weight excluding hydrogens is 987 g/mol. The molecule has 0 amide bonds. The molecule has 72 heavy (non-hydrogen) atoms. The Bertz CT molecular complexity index is 2600. The quantitative estimate of drug-likeness (QED) is 0.0741. The number of fused-ring (bicyclic) bond motifs is 2. The second-order valence-electron chi connectivity index (χ2n) is 19.4. The molecule has 4 aromatic rings. The molecule has 0 spiro atoms. The van der Waals surface area contributed by atoms with Crippen LogP contribution in [-0.2, 0) is 36.8 Å². The molecule has 2 aliphatic carbocycles. The van der Waals surface area contributed by atoms with Gasteiger partial charge in [0.15, 0.2) is 5.82 Å². The molecule has 0 unspecified atom stereocenters. The zero-order valence-corrected chi connectivity index (χ0v) is 44.3. The Balaban J connectivity index is 1.11. The van der Waals surface area contributed by atoms with Crippen LogP contribution >= 0.6 is 34.5 Å². The normalized spacial score (nSPS) is 24.0. The van der Waals surface area contributed by atoms with Crippen LogP contribution in [0.25, 0.3) is 21.4 Å². The fourth-order valence-corrected chi connectivity index (χ4v) is 11.3. The summed E-state index contributed by atoms with van der Waals surface area (Å²) in [5.41, 5.74) is 3.15. The Kier molecular flexibility index (Phi) is 18.8. The van der Waals surface area contributed by atoms with Crippen LogP contribution in [0.5, 0.6) is 17.4 Å². The van der Waals surface area contributed by atoms with Crippen LogP contribution in [0, 0.1) is 5.92 Å². The molecule has 5 heterocycles. The van der Waals surface area contributed by atoms with Crippen molar-refractivity contribution in [3.63, 3.8) is 0 Å². The van der Waals surface area contributed by atoms with Crippen molar-refractivity contribution in [3.8, 4) is 17.4 Å². The summed E-state index contributed by atoms with van der Waals surface area (Å²) in [6.45, 7) is 12.1. The number of allylic oxidation sites excluding steroid dienone is 6. The van der Waals surface area contributed by atoms with Gasteiger partial charge in [-0.15, -0.1) is 22.9 Å². The van der Waals surface area contributed by atoms with Crippen LogP contribution in [0.4, 0.5) is 4.39 Å². The van der Waals surface area contributed by atoms with Gasteiger partial charge in [-0.2, -0.15) is 0 Å². The third-order valence-electron chi connectivity index (χ3n) is 13.8. The predicted molar refractivity (Wildman–Crippen MR) is 277 cm³/mol. The van der Waals surface area contributed by atoms with Crippen LogP contribution in [0.1, 0.15) is 92.7 Å². The molecule has 0 radical (unpaired) electrons. The fraction of sp³-hybridized carbons (Fsp3) is 0.566. The van der Waals surface area contributed by atoms with Crippen LogP contribution in [-0.4, -0.2) is 151 Å². The summed E-state index contributed by atoms with van der Waals surface area (Å²) in [7, 11) is 3.73. The molecule has 15 nitrogen and oxygen atoms in total. The van der Waals surface area contributed by atoms with Crippen molar-refractivity contribution < 1.29 is 47.4 Å². The highest BCUT2D eigenvalue weighted by molar-refractivity contribution is 7.19. The highest BCUT2D eigenvalue weighted by atomic mass is 35.5. The second kappa shape index (κ2) is 25.2. The number of aliphatic carboxylic acids is 1. The summed E-state index contributed by atoms with van der Waals surface area (Å²) < 4.78 is 58.2. The first-order chi connectivity index (χ1) is 34.8. The van der Waals surface area contributed by atoms with Gasteiger partial charge < -0.3 is 43.2 Å². The van der Waals surface area contributed by atoms with Crippen LogP contribution in [0.3, 0.4) is 0 Å². The Morgan fingerprint density at radius 3 is 2.56 bits per heavy atom. The Labute approximate surface area is 435 Å². The number of likely N-dealkylation sites (N-methyl/N-ethyl adjacent to an activating group) is 1. The number of methoxy groups -OCH3 is 1. The molecule has 1 N–H and O–H groups in total. The zero-order chi connectivity index (χ0) is 50.8. The Morgan fingerprint density at radius 1 is 1.06 bits per heavy atom. The molecule has 4 aliphatic rings. The molecule has 3 atom stereocenters. The molecule has 1 saturated heterocycles. The van der Waals surface area contributed by atoms with E-state index >= 15 is 4.39 Å². The molecule has 3 aromatic heterocycles. The highest BCUT2D eigenvalue weighted by Crippen LogP contribution is 2.51. The van der Waals surface area contributed by atoms with Crippen molar-refractivity contribution >= 4 is 61.9 Å². The number of carbonyl (C=O) groups is 1. The van der Waals surface area contributed by atoms with E-state index in [4.69, 9.17) is 66.3 Å². The number of rotatable bonds is 18.